The standard InChI is InChI=1S/C12H18N4/c1-7(2)9(13)6-10-15-11-8(3)4-5-14-12(11)16-10/h4-5,7,9H,6,13H2,1-3H3,(H,14,15,16). The normalized spacial score (nSPS) is 13.6. The third kappa shape index (κ3) is 2.07. The lowest BCUT2D eigenvalue weighted by Crippen LogP contribution is -2.29. The van der Waals surface area contributed by atoms with Crippen LogP contribution in [0.3, 0.4) is 0 Å². The smallest absolute Gasteiger partial charge is 0.177 e. The van der Waals surface area contributed by atoms with Crippen molar-refractivity contribution in [3.8, 4) is 0 Å². The fourth-order valence-corrected chi connectivity index (χ4v) is 1.64. The average Bonchev–Trinajstić information content (AvgIpc) is 2.61. The van der Waals surface area contributed by atoms with Crippen molar-refractivity contribution in [2.45, 2.75) is 33.2 Å². The minimum atomic E-state index is 0.140. The van der Waals surface area contributed by atoms with Gasteiger partial charge in [0.05, 0.1) is 5.52 Å². The molecule has 0 aliphatic rings. The predicted octanol–water partition coefficient (Wildman–Crippen LogP) is 1.79. The van der Waals surface area contributed by atoms with Crippen LogP contribution >= 0.6 is 0 Å². The maximum Gasteiger partial charge on any atom is 0.177 e. The molecule has 0 aliphatic heterocycles. The maximum atomic E-state index is 6.03. The molecule has 0 amide bonds. The summed E-state index contributed by atoms with van der Waals surface area (Å²) in [4.78, 5) is 12.0. The van der Waals surface area contributed by atoms with E-state index in [1.165, 1.54) is 5.56 Å². The van der Waals surface area contributed by atoms with Crippen LogP contribution in [0.2, 0.25) is 0 Å². The SMILES string of the molecule is Cc1ccnc2nc(CC(N)C(C)C)[nH]c12. The number of aryl methyl sites for hydroxylation is 1. The van der Waals surface area contributed by atoms with E-state index in [4.69, 9.17) is 5.73 Å². The van der Waals surface area contributed by atoms with Crippen molar-refractivity contribution in [3.63, 3.8) is 0 Å². The highest BCUT2D eigenvalue weighted by Gasteiger charge is 2.12. The van der Waals surface area contributed by atoms with Crippen LogP contribution in [0, 0.1) is 12.8 Å². The van der Waals surface area contributed by atoms with E-state index in [9.17, 15) is 0 Å². The zero-order valence-electron chi connectivity index (χ0n) is 9.99. The summed E-state index contributed by atoms with van der Waals surface area (Å²) in [5.41, 5.74) is 9.00. The molecule has 86 valence electrons. The van der Waals surface area contributed by atoms with Gasteiger partial charge in [-0.2, -0.15) is 0 Å². The van der Waals surface area contributed by atoms with Crippen molar-refractivity contribution in [3.05, 3.63) is 23.7 Å². The highest BCUT2D eigenvalue weighted by molar-refractivity contribution is 5.74. The van der Waals surface area contributed by atoms with Crippen LogP contribution in [-0.4, -0.2) is 21.0 Å². The van der Waals surface area contributed by atoms with Gasteiger partial charge in [0.1, 0.15) is 5.82 Å². The number of aromatic amines is 1. The number of hydrogen-bond acceptors (Lipinski definition) is 3. The molecule has 16 heavy (non-hydrogen) atoms. The van der Waals surface area contributed by atoms with E-state index >= 15 is 0 Å². The lowest BCUT2D eigenvalue weighted by molar-refractivity contribution is 0.483. The number of hydrogen-bond donors (Lipinski definition) is 2. The van der Waals surface area contributed by atoms with Crippen LogP contribution in [0.15, 0.2) is 12.3 Å². The molecule has 0 fully saturated rings. The Morgan fingerprint density at radius 3 is 2.81 bits per heavy atom. The molecule has 0 aliphatic carbocycles. The fraction of sp³-hybridized carbons (Fsp3) is 0.500. The zero-order valence-corrected chi connectivity index (χ0v) is 9.99. The molecule has 0 spiro atoms. The van der Waals surface area contributed by atoms with Crippen molar-refractivity contribution >= 4 is 11.2 Å². The average molecular weight is 218 g/mol. The summed E-state index contributed by atoms with van der Waals surface area (Å²) in [6.07, 6.45) is 2.55. The lowest BCUT2D eigenvalue weighted by Gasteiger charge is -2.13. The zero-order chi connectivity index (χ0) is 11.7. The second-order valence-corrected chi connectivity index (χ2v) is 4.62. The van der Waals surface area contributed by atoms with Gasteiger partial charge < -0.3 is 10.7 Å². The summed E-state index contributed by atoms with van der Waals surface area (Å²) in [7, 11) is 0. The van der Waals surface area contributed by atoms with Gasteiger partial charge >= 0.3 is 0 Å². The minimum absolute atomic E-state index is 0.140. The number of pyridine rings is 1. The number of H-pyrrole nitrogens is 1. The predicted molar refractivity (Wildman–Crippen MR) is 65.1 cm³/mol. The van der Waals surface area contributed by atoms with Gasteiger partial charge in [-0.3, -0.25) is 0 Å². The first kappa shape index (κ1) is 11.1. The lowest BCUT2D eigenvalue weighted by atomic mass is 10.0. The van der Waals surface area contributed by atoms with E-state index in [2.05, 4.69) is 28.8 Å². The first-order chi connectivity index (χ1) is 7.58. The number of rotatable bonds is 3. The van der Waals surface area contributed by atoms with Crippen molar-refractivity contribution in [2.24, 2.45) is 11.7 Å². The van der Waals surface area contributed by atoms with E-state index in [0.717, 1.165) is 23.4 Å². The second kappa shape index (κ2) is 4.22. The Morgan fingerprint density at radius 1 is 1.44 bits per heavy atom. The third-order valence-corrected chi connectivity index (χ3v) is 2.93. The minimum Gasteiger partial charge on any atom is -0.340 e. The quantitative estimate of drug-likeness (QED) is 0.825. The molecule has 4 heteroatoms. The Hall–Kier alpha value is -1.42. The Labute approximate surface area is 95.3 Å². The molecule has 0 radical (unpaired) electrons. The molecule has 3 N–H and O–H groups in total. The third-order valence-electron chi connectivity index (χ3n) is 2.93. The van der Waals surface area contributed by atoms with Gasteiger partial charge in [-0.05, 0) is 24.5 Å². The van der Waals surface area contributed by atoms with E-state index in [-0.39, 0.29) is 6.04 Å². The molecule has 2 heterocycles. The number of imidazole rings is 1. The van der Waals surface area contributed by atoms with Gasteiger partial charge in [0, 0.05) is 18.7 Å². The Balaban J connectivity index is 2.30. The van der Waals surface area contributed by atoms with E-state index in [1.807, 2.05) is 13.0 Å². The van der Waals surface area contributed by atoms with Gasteiger partial charge in [-0.1, -0.05) is 13.8 Å². The van der Waals surface area contributed by atoms with Crippen molar-refractivity contribution in [1.82, 2.24) is 15.0 Å². The monoisotopic (exact) mass is 218 g/mol. The van der Waals surface area contributed by atoms with Crippen LogP contribution in [0.4, 0.5) is 0 Å². The van der Waals surface area contributed by atoms with Gasteiger partial charge in [-0.25, -0.2) is 9.97 Å². The highest BCUT2D eigenvalue weighted by Crippen LogP contribution is 2.14. The van der Waals surface area contributed by atoms with Crippen LogP contribution < -0.4 is 5.73 Å². The van der Waals surface area contributed by atoms with Crippen LogP contribution in [0.5, 0.6) is 0 Å². The Morgan fingerprint density at radius 2 is 2.19 bits per heavy atom. The van der Waals surface area contributed by atoms with Gasteiger partial charge in [-0.15, -0.1) is 0 Å². The molecule has 2 aromatic heterocycles. The summed E-state index contributed by atoms with van der Waals surface area (Å²) >= 11 is 0. The summed E-state index contributed by atoms with van der Waals surface area (Å²) in [6.45, 7) is 6.29. The molecule has 0 saturated heterocycles. The number of aromatic nitrogens is 3. The summed E-state index contributed by atoms with van der Waals surface area (Å²) in [5.74, 6) is 1.39. The maximum absolute atomic E-state index is 6.03. The summed E-state index contributed by atoms with van der Waals surface area (Å²) in [6, 6.07) is 2.12. The molecule has 1 atom stereocenters. The topological polar surface area (TPSA) is 67.6 Å². The molecule has 0 aromatic carbocycles. The molecule has 2 aromatic rings. The van der Waals surface area contributed by atoms with E-state index in [0.29, 0.717) is 5.92 Å². The number of nitrogens with two attached hydrogens (primary N) is 1. The van der Waals surface area contributed by atoms with E-state index in [1.54, 1.807) is 6.20 Å². The largest absolute Gasteiger partial charge is 0.340 e. The summed E-state index contributed by atoms with van der Waals surface area (Å²) < 4.78 is 0. The number of nitrogens with zero attached hydrogens (tertiary/aromatic N) is 2. The Bertz CT molecular complexity index is 487. The molecular formula is C12H18N4. The fourth-order valence-electron chi connectivity index (χ4n) is 1.64. The second-order valence-electron chi connectivity index (χ2n) is 4.62. The van der Waals surface area contributed by atoms with Gasteiger partial charge in [0.25, 0.3) is 0 Å². The first-order valence-electron chi connectivity index (χ1n) is 5.63. The Kier molecular flexibility index (Phi) is 2.92. The van der Waals surface area contributed by atoms with E-state index < -0.39 is 0 Å². The van der Waals surface area contributed by atoms with Crippen LogP contribution in [0.1, 0.15) is 25.2 Å². The van der Waals surface area contributed by atoms with Crippen LogP contribution in [-0.2, 0) is 6.42 Å². The van der Waals surface area contributed by atoms with Crippen molar-refractivity contribution in [1.29, 1.82) is 0 Å². The molecule has 0 bridgehead atoms. The van der Waals surface area contributed by atoms with Crippen LogP contribution in [0.25, 0.3) is 11.2 Å². The highest BCUT2D eigenvalue weighted by atomic mass is 15.0. The molecule has 0 saturated carbocycles. The number of fused-ring (bicyclic) bond motifs is 1. The van der Waals surface area contributed by atoms with Crippen molar-refractivity contribution in [2.75, 3.05) is 0 Å². The van der Waals surface area contributed by atoms with Gasteiger partial charge in [0.15, 0.2) is 5.65 Å². The first-order valence-corrected chi connectivity index (χ1v) is 5.63. The summed E-state index contributed by atoms with van der Waals surface area (Å²) in [5, 5.41) is 0. The molecular weight excluding hydrogens is 200 g/mol. The molecule has 4 nitrogen and oxygen atoms in total. The molecule has 1 unspecified atom stereocenters. The number of nitrogens with one attached hydrogen (secondary N) is 1. The van der Waals surface area contributed by atoms with Gasteiger partial charge in [0.2, 0.25) is 0 Å². The molecule has 2 rings (SSSR count). The van der Waals surface area contributed by atoms with Crippen molar-refractivity contribution < 1.29 is 0 Å².